The Hall–Kier alpha value is -0.670. The maximum Gasteiger partial charge on any atom is 0.137 e. The SMILES string of the molecule is CNCCCC(=O)Cc1ccc(Br)cc1. The van der Waals surface area contributed by atoms with E-state index >= 15 is 0 Å². The largest absolute Gasteiger partial charge is 0.320 e. The minimum Gasteiger partial charge on any atom is -0.320 e. The third kappa shape index (κ3) is 5.09. The van der Waals surface area contributed by atoms with Crippen molar-refractivity contribution in [3.63, 3.8) is 0 Å². The number of halogens is 1. The van der Waals surface area contributed by atoms with Crippen LogP contribution in [0.15, 0.2) is 28.7 Å². The fraction of sp³-hybridized carbons (Fsp3) is 0.417. The van der Waals surface area contributed by atoms with Crippen molar-refractivity contribution in [3.8, 4) is 0 Å². The molecule has 0 atom stereocenters. The Bertz CT molecular complexity index is 308. The van der Waals surface area contributed by atoms with E-state index in [-0.39, 0.29) is 0 Å². The van der Waals surface area contributed by atoms with E-state index in [1.165, 1.54) is 0 Å². The van der Waals surface area contributed by atoms with Crippen LogP contribution in [0.1, 0.15) is 18.4 Å². The molecular formula is C12H16BrNO. The number of Topliss-reactive ketones (excluding diaryl/α,β-unsaturated/α-hetero) is 1. The molecule has 0 saturated carbocycles. The van der Waals surface area contributed by atoms with Crippen LogP contribution in [-0.4, -0.2) is 19.4 Å². The molecule has 1 rings (SSSR count). The number of benzene rings is 1. The topological polar surface area (TPSA) is 29.1 Å². The van der Waals surface area contributed by atoms with Gasteiger partial charge in [-0.3, -0.25) is 4.79 Å². The molecule has 0 heterocycles. The second-order valence-corrected chi connectivity index (χ2v) is 4.46. The Balaban J connectivity index is 2.34. The monoisotopic (exact) mass is 269 g/mol. The lowest BCUT2D eigenvalue weighted by Gasteiger charge is -2.01. The van der Waals surface area contributed by atoms with Crippen molar-refractivity contribution in [3.05, 3.63) is 34.3 Å². The van der Waals surface area contributed by atoms with E-state index < -0.39 is 0 Å². The van der Waals surface area contributed by atoms with Gasteiger partial charge < -0.3 is 5.32 Å². The minimum atomic E-state index is 0.313. The summed E-state index contributed by atoms with van der Waals surface area (Å²) in [5.74, 6) is 0.313. The first-order chi connectivity index (χ1) is 7.22. The number of hydrogen-bond donors (Lipinski definition) is 1. The van der Waals surface area contributed by atoms with Crippen molar-refractivity contribution in [2.24, 2.45) is 0 Å². The van der Waals surface area contributed by atoms with Crippen LogP contribution in [0.5, 0.6) is 0 Å². The quantitative estimate of drug-likeness (QED) is 0.805. The van der Waals surface area contributed by atoms with Crippen LogP contribution in [-0.2, 0) is 11.2 Å². The summed E-state index contributed by atoms with van der Waals surface area (Å²) in [6.07, 6.45) is 2.14. The van der Waals surface area contributed by atoms with Crippen LogP contribution < -0.4 is 5.32 Å². The number of ketones is 1. The van der Waals surface area contributed by atoms with Crippen molar-refractivity contribution in [2.45, 2.75) is 19.3 Å². The molecule has 0 aromatic heterocycles. The molecule has 0 saturated heterocycles. The van der Waals surface area contributed by atoms with Crippen molar-refractivity contribution >= 4 is 21.7 Å². The molecule has 1 aromatic carbocycles. The van der Waals surface area contributed by atoms with E-state index in [0.29, 0.717) is 18.6 Å². The smallest absolute Gasteiger partial charge is 0.137 e. The maximum atomic E-state index is 11.5. The Morgan fingerprint density at radius 1 is 1.33 bits per heavy atom. The van der Waals surface area contributed by atoms with Crippen molar-refractivity contribution in [1.29, 1.82) is 0 Å². The summed E-state index contributed by atoms with van der Waals surface area (Å²) in [4.78, 5) is 11.5. The molecule has 0 radical (unpaired) electrons. The van der Waals surface area contributed by atoms with E-state index in [1.807, 2.05) is 31.3 Å². The van der Waals surface area contributed by atoms with Gasteiger partial charge in [-0.1, -0.05) is 28.1 Å². The lowest BCUT2D eigenvalue weighted by atomic mass is 10.1. The summed E-state index contributed by atoms with van der Waals surface area (Å²) in [6.45, 7) is 0.909. The molecule has 3 heteroatoms. The third-order valence-electron chi connectivity index (χ3n) is 2.20. The average molecular weight is 270 g/mol. The van der Waals surface area contributed by atoms with E-state index in [4.69, 9.17) is 0 Å². The molecular weight excluding hydrogens is 254 g/mol. The summed E-state index contributed by atoms with van der Waals surface area (Å²) in [5.41, 5.74) is 1.09. The van der Waals surface area contributed by atoms with Gasteiger partial charge in [-0.2, -0.15) is 0 Å². The van der Waals surface area contributed by atoms with E-state index in [0.717, 1.165) is 23.0 Å². The van der Waals surface area contributed by atoms with Gasteiger partial charge >= 0.3 is 0 Å². The third-order valence-corrected chi connectivity index (χ3v) is 2.73. The van der Waals surface area contributed by atoms with Gasteiger partial charge in [0.25, 0.3) is 0 Å². The molecule has 0 unspecified atom stereocenters. The zero-order chi connectivity index (χ0) is 11.1. The molecule has 1 aromatic rings. The highest BCUT2D eigenvalue weighted by Gasteiger charge is 2.02. The molecule has 0 spiro atoms. The Morgan fingerprint density at radius 3 is 2.60 bits per heavy atom. The van der Waals surface area contributed by atoms with Gasteiger partial charge in [0.1, 0.15) is 5.78 Å². The molecule has 15 heavy (non-hydrogen) atoms. The van der Waals surface area contributed by atoms with Crippen LogP contribution in [0.3, 0.4) is 0 Å². The highest BCUT2D eigenvalue weighted by atomic mass is 79.9. The zero-order valence-corrected chi connectivity index (χ0v) is 10.5. The Morgan fingerprint density at radius 2 is 2.00 bits per heavy atom. The first-order valence-electron chi connectivity index (χ1n) is 5.13. The van der Waals surface area contributed by atoms with Gasteiger partial charge in [0.05, 0.1) is 0 Å². The first-order valence-corrected chi connectivity index (χ1v) is 5.92. The average Bonchev–Trinajstić information content (AvgIpc) is 2.22. The second-order valence-electron chi connectivity index (χ2n) is 3.55. The lowest BCUT2D eigenvalue weighted by Crippen LogP contribution is -2.11. The molecule has 2 nitrogen and oxygen atoms in total. The van der Waals surface area contributed by atoms with Gasteiger partial charge in [0.2, 0.25) is 0 Å². The van der Waals surface area contributed by atoms with E-state index in [1.54, 1.807) is 0 Å². The highest BCUT2D eigenvalue weighted by Crippen LogP contribution is 2.11. The van der Waals surface area contributed by atoms with Crippen molar-refractivity contribution < 1.29 is 4.79 Å². The van der Waals surface area contributed by atoms with Gasteiger partial charge in [0, 0.05) is 17.3 Å². The van der Waals surface area contributed by atoms with Crippen LogP contribution in [0.4, 0.5) is 0 Å². The summed E-state index contributed by atoms with van der Waals surface area (Å²) in [5, 5.41) is 3.04. The van der Waals surface area contributed by atoms with Crippen LogP contribution in [0, 0.1) is 0 Å². The zero-order valence-electron chi connectivity index (χ0n) is 8.92. The molecule has 82 valence electrons. The van der Waals surface area contributed by atoms with E-state index in [2.05, 4.69) is 21.2 Å². The van der Waals surface area contributed by atoms with Crippen LogP contribution >= 0.6 is 15.9 Å². The first kappa shape index (κ1) is 12.4. The Labute approximate surface area is 99.2 Å². The number of nitrogens with one attached hydrogen (secondary N) is 1. The standard InChI is InChI=1S/C12H16BrNO/c1-14-8-2-3-12(15)9-10-4-6-11(13)7-5-10/h4-7,14H,2-3,8-9H2,1H3. The molecule has 0 bridgehead atoms. The maximum absolute atomic E-state index is 11.5. The lowest BCUT2D eigenvalue weighted by molar-refractivity contribution is -0.118. The van der Waals surface area contributed by atoms with E-state index in [9.17, 15) is 4.79 Å². The number of carbonyl (C=O) groups is 1. The molecule has 0 amide bonds. The van der Waals surface area contributed by atoms with Gasteiger partial charge in [-0.25, -0.2) is 0 Å². The molecule has 0 aliphatic carbocycles. The van der Waals surface area contributed by atoms with Crippen molar-refractivity contribution in [2.75, 3.05) is 13.6 Å². The fourth-order valence-electron chi connectivity index (χ4n) is 1.38. The number of carbonyl (C=O) groups excluding carboxylic acids is 1. The molecule has 0 aliphatic rings. The minimum absolute atomic E-state index is 0.313. The fourth-order valence-corrected chi connectivity index (χ4v) is 1.64. The Kier molecular flexibility index (Phi) is 5.58. The summed E-state index contributed by atoms with van der Waals surface area (Å²) in [7, 11) is 1.90. The predicted molar refractivity (Wildman–Crippen MR) is 66.0 cm³/mol. The van der Waals surface area contributed by atoms with Gasteiger partial charge in [-0.15, -0.1) is 0 Å². The van der Waals surface area contributed by atoms with Crippen LogP contribution in [0.2, 0.25) is 0 Å². The molecule has 0 fully saturated rings. The predicted octanol–water partition coefficient (Wildman–Crippen LogP) is 2.56. The summed E-state index contributed by atoms with van der Waals surface area (Å²) >= 11 is 3.37. The van der Waals surface area contributed by atoms with Crippen molar-refractivity contribution in [1.82, 2.24) is 5.32 Å². The second kappa shape index (κ2) is 6.75. The number of hydrogen-bond acceptors (Lipinski definition) is 2. The van der Waals surface area contributed by atoms with Gasteiger partial charge in [0.15, 0.2) is 0 Å². The normalized spacial score (nSPS) is 10.3. The highest BCUT2D eigenvalue weighted by molar-refractivity contribution is 9.10. The summed E-state index contributed by atoms with van der Waals surface area (Å²) in [6, 6.07) is 7.91. The number of rotatable bonds is 6. The molecule has 0 aliphatic heterocycles. The summed E-state index contributed by atoms with van der Waals surface area (Å²) < 4.78 is 1.05. The van der Waals surface area contributed by atoms with Crippen LogP contribution in [0.25, 0.3) is 0 Å². The van der Waals surface area contributed by atoms with Gasteiger partial charge in [-0.05, 0) is 37.7 Å². The molecule has 1 N–H and O–H groups in total.